The van der Waals surface area contributed by atoms with Crippen LogP contribution in [0.25, 0.3) is 21.5 Å². The maximum atomic E-state index is 2.99. The van der Waals surface area contributed by atoms with Gasteiger partial charge >= 0.3 is 66.0 Å². The molecule has 1 saturated carbocycles. The molecule has 5 rings (SSSR count). The van der Waals surface area contributed by atoms with Gasteiger partial charge in [0, 0.05) is 0 Å². The molecule has 0 amide bonds. The standard InChI is InChI=1S/C19H25Si2.C7H12.C5H5.2ClH.Zr/c1-20(2,3)16-9-7-14-11-15-8-10-17(21(4,5)6)13-19(15)18(14)12-16;1-2-4-6-7-5-3-1;1-2-4-5-3-1;;;/h7-13H,1-6H3;1-6H2;1-3H,4H2;2*1H;/q-1;;-1;;;+2/p-2. The van der Waals surface area contributed by atoms with Gasteiger partial charge in [-0.1, -0.05) is 73.9 Å². The van der Waals surface area contributed by atoms with Crippen molar-refractivity contribution in [3.63, 3.8) is 0 Å². The van der Waals surface area contributed by atoms with Gasteiger partial charge in [-0.25, -0.2) is 12.2 Å². The monoisotopic (exact) mass is 630 g/mol. The molecule has 2 aliphatic carbocycles. The first kappa shape index (κ1) is 33.6. The Balaban J connectivity index is 0.000000356. The van der Waals surface area contributed by atoms with Gasteiger partial charge in [-0.05, 0) is 0 Å². The molecule has 0 saturated heterocycles. The predicted molar refractivity (Wildman–Crippen MR) is 157 cm³/mol. The van der Waals surface area contributed by atoms with Crippen LogP contribution < -0.4 is 35.2 Å². The fourth-order valence-electron chi connectivity index (χ4n) is 4.43. The van der Waals surface area contributed by atoms with E-state index in [9.17, 15) is 0 Å². The quantitative estimate of drug-likeness (QED) is 0.231. The average molecular weight is 633 g/mol. The Labute approximate surface area is 249 Å². The van der Waals surface area contributed by atoms with Crippen LogP contribution in [0.4, 0.5) is 0 Å². The van der Waals surface area contributed by atoms with Crippen LogP contribution in [-0.4, -0.2) is 19.4 Å². The second kappa shape index (κ2) is 15.2. The summed E-state index contributed by atoms with van der Waals surface area (Å²) in [5.41, 5.74) is 0. The fraction of sp³-hybridized carbons (Fsp3) is 0.419. The number of rotatable bonds is 2. The minimum atomic E-state index is -1.25. The van der Waals surface area contributed by atoms with Crippen molar-refractivity contribution in [2.24, 2.45) is 0 Å². The van der Waals surface area contributed by atoms with E-state index >= 15 is 0 Å². The van der Waals surface area contributed by atoms with Crippen molar-refractivity contribution in [2.45, 2.75) is 84.2 Å². The molecular weight excluding hydrogens is 591 g/mol. The number of hydrogen-bond donors (Lipinski definition) is 0. The SMILES string of the molecule is C[Si](C)(C)c1ccc2[cH-]c3ccc([Si](C)(C)C)cc3c2c1.[C-]1=CC=CC1.[Cl-].[Cl-].[Zr+2]=[C]1CCCCCC1. The molecule has 0 bridgehead atoms. The molecule has 3 aromatic carbocycles. The molecule has 0 N–H and O–H groups in total. The molecule has 0 unspecified atom stereocenters. The summed E-state index contributed by atoms with van der Waals surface area (Å²) in [4.78, 5) is 0. The summed E-state index contributed by atoms with van der Waals surface area (Å²) in [6.45, 7) is 14.5. The second-order valence-corrected chi connectivity index (χ2v) is 23.7. The first-order valence-electron chi connectivity index (χ1n) is 13.0. The Morgan fingerprint density at radius 3 is 1.53 bits per heavy atom. The number of hydrogen-bond acceptors (Lipinski definition) is 0. The molecule has 3 aromatic rings. The predicted octanol–water partition coefficient (Wildman–Crippen LogP) is 2.18. The third-order valence-corrected chi connectivity index (χ3v) is 12.0. The fourth-order valence-corrected chi connectivity index (χ4v) is 7.62. The van der Waals surface area contributed by atoms with E-state index in [0.717, 1.165) is 6.42 Å². The van der Waals surface area contributed by atoms with Crippen LogP contribution >= 0.6 is 0 Å². The molecule has 0 aromatic heterocycles. The molecule has 0 radical (unpaired) electrons. The van der Waals surface area contributed by atoms with Crippen molar-refractivity contribution in [1.29, 1.82) is 0 Å². The van der Waals surface area contributed by atoms with E-state index in [2.05, 4.69) is 93.9 Å². The van der Waals surface area contributed by atoms with Crippen molar-refractivity contribution in [3.8, 4) is 0 Å². The summed E-state index contributed by atoms with van der Waals surface area (Å²) < 4.78 is 1.81. The maximum absolute atomic E-state index is 2.99. The molecule has 194 valence electrons. The Morgan fingerprint density at radius 2 is 1.19 bits per heavy atom. The van der Waals surface area contributed by atoms with Crippen molar-refractivity contribution in [2.75, 3.05) is 0 Å². The van der Waals surface area contributed by atoms with Crippen LogP contribution in [0, 0.1) is 6.08 Å². The van der Waals surface area contributed by atoms with Gasteiger partial charge in [-0.3, -0.25) is 6.08 Å². The molecule has 1 fully saturated rings. The molecule has 0 atom stereocenters. The Hall–Kier alpha value is -0.443. The van der Waals surface area contributed by atoms with Crippen LogP contribution in [-0.2, 0) is 24.2 Å². The van der Waals surface area contributed by atoms with E-state index < -0.39 is 16.1 Å². The third kappa shape index (κ3) is 10.0. The van der Waals surface area contributed by atoms with Crippen molar-refractivity contribution in [1.82, 2.24) is 0 Å². The molecule has 0 heterocycles. The number of fused-ring (bicyclic) bond motifs is 3. The first-order chi connectivity index (χ1) is 16.1. The molecule has 0 spiro atoms. The van der Waals surface area contributed by atoms with Gasteiger partial charge in [-0.2, -0.15) is 6.08 Å². The topological polar surface area (TPSA) is 0 Å². The molecule has 0 nitrogen and oxygen atoms in total. The number of halogens is 2. The van der Waals surface area contributed by atoms with Crippen molar-refractivity contribution < 1.29 is 49.0 Å². The van der Waals surface area contributed by atoms with Crippen LogP contribution in [0.2, 0.25) is 39.3 Å². The summed E-state index contributed by atoms with van der Waals surface area (Å²) in [6, 6.07) is 16.6. The Morgan fingerprint density at radius 1 is 0.722 bits per heavy atom. The molecule has 36 heavy (non-hydrogen) atoms. The van der Waals surface area contributed by atoms with E-state index in [0.29, 0.717) is 0 Å². The van der Waals surface area contributed by atoms with Gasteiger partial charge < -0.3 is 24.8 Å². The van der Waals surface area contributed by atoms with E-state index in [1.165, 1.54) is 60.1 Å². The van der Waals surface area contributed by atoms with Crippen LogP contribution in [0.3, 0.4) is 0 Å². The molecule has 5 heteroatoms. The van der Waals surface area contributed by atoms with Gasteiger partial charge in [0.1, 0.15) is 0 Å². The number of allylic oxidation sites excluding steroid dienone is 4. The Kier molecular flexibility index (Phi) is 14.2. The van der Waals surface area contributed by atoms with E-state index in [1.54, 1.807) is 34.6 Å². The zero-order valence-corrected chi connectivity index (χ0v) is 28.9. The summed E-state index contributed by atoms with van der Waals surface area (Å²) in [5, 5.41) is 8.79. The normalized spacial score (nSPS) is 15.3. The molecule has 0 aliphatic heterocycles. The summed E-state index contributed by atoms with van der Waals surface area (Å²) in [5.74, 6) is 0. The van der Waals surface area contributed by atoms with E-state index in [4.69, 9.17) is 0 Å². The first-order valence-corrected chi connectivity index (χ1v) is 21.2. The van der Waals surface area contributed by atoms with Crippen molar-refractivity contribution in [3.05, 3.63) is 66.8 Å². The summed E-state index contributed by atoms with van der Waals surface area (Å²) >= 11 is 1.69. The second-order valence-electron chi connectivity index (χ2n) is 11.8. The van der Waals surface area contributed by atoms with Gasteiger partial charge in [-0.15, -0.1) is 46.2 Å². The summed E-state index contributed by atoms with van der Waals surface area (Å²) in [6.07, 6.45) is 18.8. The average Bonchev–Trinajstić information content (AvgIpc) is 3.41. The summed E-state index contributed by atoms with van der Waals surface area (Å²) in [7, 11) is -2.51. The molecule has 2 aliphatic rings. The zero-order valence-electron chi connectivity index (χ0n) is 23.0. The van der Waals surface area contributed by atoms with Crippen LogP contribution in [0.15, 0.2) is 60.7 Å². The number of benzene rings is 2. The van der Waals surface area contributed by atoms with Crippen LogP contribution in [0.1, 0.15) is 44.9 Å². The van der Waals surface area contributed by atoms with Crippen LogP contribution in [0.5, 0.6) is 0 Å². The molecular formula is C31H42Cl2Si2Zr-2. The minimum absolute atomic E-state index is 0. The zero-order chi connectivity index (χ0) is 24.8. The third-order valence-electron chi connectivity index (χ3n) is 6.73. The van der Waals surface area contributed by atoms with Gasteiger partial charge in [0.15, 0.2) is 0 Å². The van der Waals surface area contributed by atoms with Gasteiger partial charge in [0.05, 0.1) is 16.1 Å². The van der Waals surface area contributed by atoms with Gasteiger partial charge in [0.25, 0.3) is 0 Å². The van der Waals surface area contributed by atoms with Crippen molar-refractivity contribution >= 4 is 51.3 Å². The van der Waals surface area contributed by atoms with Gasteiger partial charge in [0.2, 0.25) is 0 Å². The van der Waals surface area contributed by atoms with E-state index in [1.807, 2.05) is 15.4 Å². The Bertz CT molecular complexity index is 1090. The van der Waals surface area contributed by atoms with E-state index in [-0.39, 0.29) is 24.8 Å².